The van der Waals surface area contributed by atoms with Gasteiger partial charge in [0.15, 0.2) is 0 Å². The number of aliphatic carboxylic acids is 1. The molecule has 0 aliphatic carbocycles. The average Bonchev–Trinajstić information content (AvgIpc) is 2.66. The molecule has 3 N–H and O–H groups in total. The number of carbonyl (C=O) groups excluding carboxylic acids is 1. The van der Waals surface area contributed by atoms with Gasteiger partial charge in [-0.2, -0.15) is 0 Å². The number of rotatable bonds is 5. The number of hydrogen-bond donors (Lipinski definition) is 3. The van der Waals surface area contributed by atoms with Crippen LogP contribution < -0.4 is 5.32 Å². The van der Waals surface area contributed by atoms with Crippen LogP contribution in [0, 0.1) is 0 Å². The second-order valence-corrected chi connectivity index (χ2v) is 3.48. The van der Waals surface area contributed by atoms with Crippen molar-refractivity contribution in [3.05, 3.63) is 0 Å². The Morgan fingerprint density at radius 3 is 2.73 bits per heavy atom. The normalized spacial score (nSPS) is 22.3. The maximum Gasteiger partial charge on any atom is 0.328 e. The van der Waals surface area contributed by atoms with Gasteiger partial charge in [-0.15, -0.1) is 0 Å². The lowest BCUT2D eigenvalue weighted by Gasteiger charge is -2.13. The number of aliphatic hydroxyl groups excluding tert-OH is 1. The summed E-state index contributed by atoms with van der Waals surface area (Å²) < 4.78 is 5.23. The quantitative estimate of drug-likeness (QED) is 0.555. The molecule has 1 fully saturated rings. The molecule has 86 valence electrons. The van der Waals surface area contributed by atoms with Crippen LogP contribution in [0.4, 0.5) is 0 Å². The molecule has 1 aliphatic heterocycles. The van der Waals surface area contributed by atoms with Gasteiger partial charge in [-0.05, 0) is 12.8 Å². The highest BCUT2D eigenvalue weighted by Crippen LogP contribution is 2.14. The zero-order valence-electron chi connectivity index (χ0n) is 8.31. The third kappa shape index (κ3) is 3.85. The van der Waals surface area contributed by atoms with Gasteiger partial charge in [-0.3, -0.25) is 4.79 Å². The van der Waals surface area contributed by atoms with Crippen molar-refractivity contribution in [3.63, 3.8) is 0 Å². The van der Waals surface area contributed by atoms with E-state index in [0.717, 1.165) is 12.8 Å². The maximum atomic E-state index is 11.3. The number of carboxylic acids is 1. The van der Waals surface area contributed by atoms with Gasteiger partial charge in [0.2, 0.25) is 5.91 Å². The molecule has 2 unspecified atom stereocenters. The standard InChI is InChI=1S/C9H15NO5/c11-5-7(9(13)14)10-8(12)4-6-2-1-3-15-6/h6-7,11H,1-5H2,(H,10,12)(H,13,14). The highest BCUT2D eigenvalue weighted by molar-refractivity contribution is 5.83. The molecule has 1 aliphatic rings. The highest BCUT2D eigenvalue weighted by Gasteiger charge is 2.23. The Hall–Kier alpha value is -1.14. The van der Waals surface area contributed by atoms with Crippen molar-refractivity contribution in [1.82, 2.24) is 5.32 Å². The SMILES string of the molecule is O=C(CC1CCCO1)NC(CO)C(=O)O. The second kappa shape index (κ2) is 5.67. The number of carboxylic acid groups (broad SMARTS) is 1. The van der Waals surface area contributed by atoms with Gasteiger partial charge in [0, 0.05) is 6.61 Å². The van der Waals surface area contributed by atoms with E-state index >= 15 is 0 Å². The highest BCUT2D eigenvalue weighted by atomic mass is 16.5. The molecule has 0 spiro atoms. The number of ether oxygens (including phenoxy) is 1. The van der Waals surface area contributed by atoms with Crippen LogP contribution >= 0.6 is 0 Å². The van der Waals surface area contributed by atoms with Crippen LogP contribution in [0.3, 0.4) is 0 Å². The minimum absolute atomic E-state index is 0.113. The van der Waals surface area contributed by atoms with Crippen LogP contribution in [0.1, 0.15) is 19.3 Å². The first-order valence-electron chi connectivity index (χ1n) is 4.88. The van der Waals surface area contributed by atoms with Crippen molar-refractivity contribution in [3.8, 4) is 0 Å². The molecule has 0 saturated carbocycles. The summed E-state index contributed by atoms with van der Waals surface area (Å²) in [5, 5.41) is 19.5. The Kier molecular flexibility index (Phi) is 4.51. The lowest BCUT2D eigenvalue weighted by atomic mass is 10.1. The fraction of sp³-hybridized carbons (Fsp3) is 0.778. The Morgan fingerprint density at radius 1 is 1.53 bits per heavy atom. The van der Waals surface area contributed by atoms with Gasteiger partial charge in [-0.1, -0.05) is 0 Å². The van der Waals surface area contributed by atoms with E-state index in [9.17, 15) is 9.59 Å². The zero-order chi connectivity index (χ0) is 11.3. The van der Waals surface area contributed by atoms with Gasteiger partial charge < -0.3 is 20.3 Å². The maximum absolute atomic E-state index is 11.3. The van der Waals surface area contributed by atoms with Crippen LogP contribution in [-0.4, -0.2) is 47.4 Å². The number of aliphatic hydroxyl groups is 1. The molecule has 0 aromatic rings. The zero-order valence-corrected chi connectivity index (χ0v) is 8.31. The smallest absolute Gasteiger partial charge is 0.328 e. The largest absolute Gasteiger partial charge is 0.480 e. The lowest BCUT2D eigenvalue weighted by molar-refractivity contribution is -0.143. The first kappa shape index (κ1) is 11.9. The summed E-state index contributed by atoms with van der Waals surface area (Å²) in [6.45, 7) is 0.0485. The van der Waals surface area contributed by atoms with E-state index < -0.39 is 24.5 Å². The summed E-state index contributed by atoms with van der Waals surface area (Å²) in [5.41, 5.74) is 0. The fourth-order valence-corrected chi connectivity index (χ4v) is 1.45. The number of nitrogens with one attached hydrogen (secondary N) is 1. The van der Waals surface area contributed by atoms with Crippen LogP contribution in [0.25, 0.3) is 0 Å². The van der Waals surface area contributed by atoms with Crippen LogP contribution in [0.5, 0.6) is 0 Å². The topological polar surface area (TPSA) is 95.9 Å². The minimum Gasteiger partial charge on any atom is -0.480 e. The Balaban J connectivity index is 2.30. The van der Waals surface area contributed by atoms with Crippen molar-refractivity contribution >= 4 is 11.9 Å². The van der Waals surface area contributed by atoms with Crippen LogP contribution in [0.15, 0.2) is 0 Å². The van der Waals surface area contributed by atoms with Gasteiger partial charge in [0.25, 0.3) is 0 Å². The lowest BCUT2D eigenvalue weighted by Crippen LogP contribution is -2.44. The summed E-state index contributed by atoms with van der Waals surface area (Å²) in [4.78, 5) is 21.8. The number of carbonyl (C=O) groups is 2. The molecule has 2 atom stereocenters. The van der Waals surface area contributed by atoms with E-state index in [2.05, 4.69) is 5.32 Å². The summed E-state index contributed by atoms with van der Waals surface area (Å²) >= 11 is 0. The molecule has 6 nitrogen and oxygen atoms in total. The molecule has 1 rings (SSSR count). The summed E-state index contributed by atoms with van der Waals surface area (Å²) in [5.74, 6) is -1.64. The molecular weight excluding hydrogens is 202 g/mol. The van der Waals surface area contributed by atoms with E-state index in [4.69, 9.17) is 14.9 Å². The molecule has 1 heterocycles. The molecule has 1 amide bonds. The van der Waals surface area contributed by atoms with Crippen LogP contribution in [0.2, 0.25) is 0 Å². The molecule has 15 heavy (non-hydrogen) atoms. The predicted octanol–water partition coefficient (Wildman–Crippen LogP) is -0.883. The molecule has 0 bridgehead atoms. The second-order valence-electron chi connectivity index (χ2n) is 3.48. The predicted molar refractivity (Wildman–Crippen MR) is 50.2 cm³/mol. The molecule has 1 saturated heterocycles. The summed E-state index contributed by atoms with van der Waals surface area (Å²) in [6, 6.07) is -1.22. The van der Waals surface area contributed by atoms with Gasteiger partial charge in [0.05, 0.1) is 19.1 Å². The van der Waals surface area contributed by atoms with E-state index in [1.165, 1.54) is 0 Å². The van der Waals surface area contributed by atoms with Gasteiger partial charge >= 0.3 is 5.97 Å². The average molecular weight is 217 g/mol. The molecular formula is C9H15NO5. The molecule has 0 aromatic heterocycles. The molecule has 0 radical (unpaired) electrons. The monoisotopic (exact) mass is 217 g/mol. The van der Waals surface area contributed by atoms with E-state index in [0.29, 0.717) is 6.61 Å². The minimum atomic E-state index is -1.24. The first-order valence-corrected chi connectivity index (χ1v) is 4.88. The third-order valence-electron chi connectivity index (χ3n) is 2.25. The summed E-state index contributed by atoms with van der Waals surface area (Å²) in [6.07, 6.45) is 1.80. The van der Waals surface area contributed by atoms with E-state index in [1.54, 1.807) is 0 Å². The number of hydrogen-bond acceptors (Lipinski definition) is 4. The van der Waals surface area contributed by atoms with Gasteiger partial charge in [0.1, 0.15) is 6.04 Å². The molecule has 6 heteroatoms. The van der Waals surface area contributed by atoms with Crippen molar-refractivity contribution < 1.29 is 24.5 Å². The number of amides is 1. The Labute approximate surface area is 87.2 Å². The van der Waals surface area contributed by atoms with Crippen molar-refractivity contribution in [1.29, 1.82) is 0 Å². The van der Waals surface area contributed by atoms with Crippen molar-refractivity contribution in [2.24, 2.45) is 0 Å². The molecule has 0 aromatic carbocycles. The Morgan fingerprint density at radius 2 is 2.27 bits per heavy atom. The van der Waals surface area contributed by atoms with Crippen molar-refractivity contribution in [2.45, 2.75) is 31.4 Å². The Bertz CT molecular complexity index is 237. The summed E-state index contributed by atoms with van der Waals surface area (Å²) in [7, 11) is 0. The van der Waals surface area contributed by atoms with Gasteiger partial charge in [-0.25, -0.2) is 4.79 Å². The van der Waals surface area contributed by atoms with E-state index in [-0.39, 0.29) is 12.5 Å². The first-order chi connectivity index (χ1) is 7.13. The van der Waals surface area contributed by atoms with E-state index in [1.807, 2.05) is 0 Å². The van der Waals surface area contributed by atoms with Crippen LogP contribution in [-0.2, 0) is 14.3 Å². The fourth-order valence-electron chi connectivity index (χ4n) is 1.45. The van der Waals surface area contributed by atoms with Crippen molar-refractivity contribution in [2.75, 3.05) is 13.2 Å². The third-order valence-corrected chi connectivity index (χ3v) is 2.25.